The second-order valence-electron chi connectivity index (χ2n) is 1.59. The summed E-state index contributed by atoms with van der Waals surface area (Å²) < 4.78 is 4.87. The molecule has 0 radical (unpaired) electrons. The Hall–Kier alpha value is -0.120. The van der Waals surface area contributed by atoms with Gasteiger partial charge in [-0.1, -0.05) is 6.92 Å². The van der Waals surface area contributed by atoms with E-state index in [1.165, 1.54) is 0 Å². The molecule has 0 aliphatic heterocycles. The van der Waals surface area contributed by atoms with Crippen LogP contribution >= 0.6 is 0 Å². The minimum Gasteiger partial charge on any atom is -0.392 e. The van der Waals surface area contributed by atoms with Gasteiger partial charge in [-0.25, -0.2) is 0 Å². The Bertz CT molecular complexity index is 49.7. The zero-order chi connectivity index (χ0) is 6.41. The van der Waals surface area contributed by atoms with Crippen molar-refractivity contribution in [1.29, 1.82) is 0 Å². The first-order chi connectivity index (χ1) is 3.81. The molecule has 0 aliphatic rings. The lowest BCUT2D eigenvalue weighted by atomic mass is 10.5. The van der Waals surface area contributed by atoms with Gasteiger partial charge >= 0.3 is 0 Å². The summed E-state index contributed by atoms with van der Waals surface area (Å²) in [5.74, 6) is 0. The van der Waals surface area contributed by atoms with Crippen LogP contribution < -0.4 is 5.73 Å². The van der Waals surface area contributed by atoms with Crippen LogP contribution in [-0.2, 0) is 4.74 Å². The molecule has 0 spiro atoms. The fourth-order valence-corrected chi connectivity index (χ4v) is 0.322. The summed E-state index contributed by atoms with van der Waals surface area (Å²) in [6, 6.07) is 0. The van der Waals surface area contributed by atoms with Crippen LogP contribution in [0.2, 0.25) is 0 Å². The molecule has 50 valence electrons. The maximum absolute atomic E-state index is 8.31. The van der Waals surface area contributed by atoms with Gasteiger partial charge in [-0.3, -0.25) is 0 Å². The van der Waals surface area contributed by atoms with Crippen molar-refractivity contribution in [1.82, 2.24) is 0 Å². The van der Waals surface area contributed by atoms with Gasteiger partial charge in [-0.2, -0.15) is 0 Å². The highest BCUT2D eigenvalue weighted by atomic mass is 16.5. The van der Waals surface area contributed by atoms with E-state index in [1.54, 1.807) is 0 Å². The molecule has 1 atom stereocenters. The zero-order valence-electron chi connectivity index (χ0n) is 5.13. The number of ether oxygens (including phenoxy) is 1. The number of hydrogen-bond donors (Lipinski definition) is 2. The van der Waals surface area contributed by atoms with Gasteiger partial charge in [0.15, 0.2) is 0 Å². The molecule has 0 aromatic carbocycles. The van der Waals surface area contributed by atoms with Crippen molar-refractivity contribution in [2.45, 2.75) is 19.6 Å². The third-order valence-corrected chi connectivity index (χ3v) is 0.716. The molecule has 0 aliphatic carbocycles. The number of aliphatic hydroxyl groups excluding tert-OH is 1. The highest BCUT2D eigenvalue weighted by Crippen LogP contribution is 1.82. The summed E-state index contributed by atoms with van der Waals surface area (Å²) >= 11 is 0. The van der Waals surface area contributed by atoms with Crippen molar-refractivity contribution < 1.29 is 9.84 Å². The van der Waals surface area contributed by atoms with Gasteiger partial charge in [-0.15, -0.1) is 0 Å². The van der Waals surface area contributed by atoms with Crippen LogP contribution in [0.15, 0.2) is 0 Å². The smallest absolute Gasteiger partial charge is 0.128 e. The standard InChI is InChI=1S/C5H13NO2/c1-2-3-8-5(6)4-7/h5,7H,2-4,6H2,1H3. The molecule has 0 bridgehead atoms. The Kier molecular flexibility index (Phi) is 4.95. The lowest BCUT2D eigenvalue weighted by Gasteiger charge is -2.06. The van der Waals surface area contributed by atoms with E-state index >= 15 is 0 Å². The van der Waals surface area contributed by atoms with Gasteiger partial charge in [0.25, 0.3) is 0 Å². The molecular formula is C5H13NO2. The molecule has 8 heavy (non-hydrogen) atoms. The lowest BCUT2D eigenvalue weighted by Crippen LogP contribution is -2.27. The van der Waals surface area contributed by atoms with E-state index in [4.69, 9.17) is 15.6 Å². The summed E-state index contributed by atoms with van der Waals surface area (Å²) in [5.41, 5.74) is 5.19. The van der Waals surface area contributed by atoms with Crippen LogP contribution in [0.5, 0.6) is 0 Å². The number of aliphatic hydroxyl groups is 1. The molecule has 0 amide bonds. The Morgan fingerprint density at radius 3 is 2.75 bits per heavy atom. The average molecular weight is 119 g/mol. The first kappa shape index (κ1) is 7.88. The molecular weight excluding hydrogens is 106 g/mol. The van der Waals surface area contributed by atoms with Gasteiger partial charge in [0, 0.05) is 6.61 Å². The third-order valence-electron chi connectivity index (χ3n) is 0.716. The van der Waals surface area contributed by atoms with Crippen LogP contribution in [0.1, 0.15) is 13.3 Å². The van der Waals surface area contributed by atoms with Crippen LogP contribution in [-0.4, -0.2) is 24.5 Å². The van der Waals surface area contributed by atoms with Crippen molar-refractivity contribution in [2.24, 2.45) is 5.73 Å². The topological polar surface area (TPSA) is 55.5 Å². The number of rotatable bonds is 4. The minimum atomic E-state index is -0.491. The molecule has 0 saturated heterocycles. The number of nitrogens with two attached hydrogens (primary N) is 1. The van der Waals surface area contributed by atoms with E-state index in [0.29, 0.717) is 6.61 Å². The van der Waals surface area contributed by atoms with E-state index in [-0.39, 0.29) is 6.61 Å². The van der Waals surface area contributed by atoms with Crippen LogP contribution in [0, 0.1) is 0 Å². The van der Waals surface area contributed by atoms with E-state index in [2.05, 4.69) is 0 Å². The summed E-state index contributed by atoms with van der Waals surface area (Å²) in [5, 5.41) is 8.31. The average Bonchev–Trinajstić information content (AvgIpc) is 1.83. The summed E-state index contributed by atoms with van der Waals surface area (Å²) in [4.78, 5) is 0. The Balaban J connectivity index is 2.86. The summed E-state index contributed by atoms with van der Waals surface area (Å²) in [7, 11) is 0. The molecule has 0 rings (SSSR count). The molecule has 0 aromatic heterocycles. The maximum atomic E-state index is 8.31. The van der Waals surface area contributed by atoms with Crippen molar-refractivity contribution in [3.8, 4) is 0 Å². The van der Waals surface area contributed by atoms with Crippen molar-refractivity contribution >= 4 is 0 Å². The van der Waals surface area contributed by atoms with Crippen molar-refractivity contribution in [3.05, 3.63) is 0 Å². The maximum Gasteiger partial charge on any atom is 0.128 e. The quantitative estimate of drug-likeness (QED) is 0.499. The molecule has 3 heteroatoms. The minimum absolute atomic E-state index is 0.0972. The summed E-state index contributed by atoms with van der Waals surface area (Å²) in [6.07, 6.45) is 0.447. The SMILES string of the molecule is CCCOC(N)CO. The van der Waals surface area contributed by atoms with Crippen LogP contribution in [0.25, 0.3) is 0 Å². The van der Waals surface area contributed by atoms with Gasteiger partial charge in [0.05, 0.1) is 6.61 Å². The zero-order valence-corrected chi connectivity index (χ0v) is 5.13. The first-order valence-corrected chi connectivity index (χ1v) is 2.79. The Labute approximate surface area is 49.4 Å². The fraction of sp³-hybridized carbons (Fsp3) is 1.00. The van der Waals surface area contributed by atoms with Crippen molar-refractivity contribution in [2.75, 3.05) is 13.2 Å². The van der Waals surface area contributed by atoms with Gasteiger partial charge in [0.2, 0.25) is 0 Å². The Morgan fingerprint density at radius 1 is 1.75 bits per heavy atom. The van der Waals surface area contributed by atoms with Gasteiger partial charge in [-0.05, 0) is 6.42 Å². The van der Waals surface area contributed by atoms with Crippen molar-refractivity contribution in [3.63, 3.8) is 0 Å². The molecule has 0 fully saturated rings. The predicted octanol–water partition coefficient (Wildman–Crippen LogP) is -0.310. The highest BCUT2D eigenvalue weighted by molar-refractivity contribution is 4.40. The second kappa shape index (κ2) is 5.03. The number of hydrogen-bond acceptors (Lipinski definition) is 3. The van der Waals surface area contributed by atoms with Crippen LogP contribution in [0.3, 0.4) is 0 Å². The monoisotopic (exact) mass is 119 g/mol. The fourth-order valence-electron chi connectivity index (χ4n) is 0.322. The molecule has 3 nitrogen and oxygen atoms in total. The normalized spacial score (nSPS) is 13.9. The predicted molar refractivity (Wildman–Crippen MR) is 31.3 cm³/mol. The van der Waals surface area contributed by atoms with Gasteiger partial charge < -0.3 is 15.6 Å². The third kappa shape index (κ3) is 4.05. The molecule has 0 aromatic rings. The van der Waals surface area contributed by atoms with E-state index in [0.717, 1.165) is 6.42 Å². The molecule has 1 unspecified atom stereocenters. The van der Waals surface area contributed by atoms with E-state index in [9.17, 15) is 0 Å². The van der Waals surface area contributed by atoms with E-state index in [1.807, 2.05) is 6.92 Å². The van der Waals surface area contributed by atoms with Gasteiger partial charge in [0.1, 0.15) is 6.23 Å². The molecule has 3 N–H and O–H groups in total. The first-order valence-electron chi connectivity index (χ1n) is 2.79. The molecule has 0 heterocycles. The van der Waals surface area contributed by atoms with E-state index < -0.39 is 6.23 Å². The largest absolute Gasteiger partial charge is 0.392 e. The van der Waals surface area contributed by atoms with Crippen LogP contribution in [0.4, 0.5) is 0 Å². The lowest BCUT2D eigenvalue weighted by molar-refractivity contribution is 0.0177. The highest BCUT2D eigenvalue weighted by Gasteiger charge is 1.95. The Morgan fingerprint density at radius 2 is 2.38 bits per heavy atom. The second-order valence-corrected chi connectivity index (χ2v) is 1.59. The summed E-state index contributed by atoms with van der Waals surface area (Å²) in [6.45, 7) is 2.52. The molecule has 0 saturated carbocycles.